The zero-order valence-electron chi connectivity index (χ0n) is 21.7. The van der Waals surface area contributed by atoms with E-state index >= 15 is 0 Å². The van der Waals surface area contributed by atoms with Gasteiger partial charge in [-0.05, 0) is 82.5 Å². The number of nitrogens with one attached hydrogen (secondary N) is 3. The first-order valence-corrected chi connectivity index (χ1v) is 15.7. The van der Waals surface area contributed by atoms with Crippen molar-refractivity contribution in [1.29, 1.82) is 0 Å². The molecule has 0 atom stereocenters. The third kappa shape index (κ3) is 5.33. The third-order valence-electron chi connectivity index (χ3n) is 6.39. The molecule has 0 saturated heterocycles. The SMILES string of the molecule is CCc1ccc(OC)c(Nc2ncc(Br)c(Nc3ccc(-c4cccc5cc[nH]c45)cc3P(C)(C)=O)n2)c1. The molecule has 5 aromatic rings. The van der Waals surface area contributed by atoms with E-state index in [1.54, 1.807) is 26.6 Å². The number of aromatic amines is 1. The highest BCUT2D eigenvalue weighted by atomic mass is 79.9. The fourth-order valence-corrected chi connectivity index (χ4v) is 5.86. The number of aromatic nitrogens is 3. The van der Waals surface area contributed by atoms with Crippen LogP contribution in [0.4, 0.5) is 23.1 Å². The lowest BCUT2D eigenvalue weighted by Gasteiger charge is -2.18. The first-order valence-electron chi connectivity index (χ1n) is 12.3. The highest BCUT2D eigenvalue weighted by Crippen LogP contribution is 2.41. The zero-order chi connectivity index (χ0) is 26.9. The van der Waals surface area contributed by atoms with Crippen molar-refractivity contribution < 1.29 is 9.30 Å². The Morgan fingerprint density at radius 3 is 2.63 bits per heavy atom. The molecule has 3 aromatic carbocycles. The van der Waals surface area contributed by atoms with Gasteiger partial charge in [-0.25, -0.2) is 4.98 Å². The van der Waals surface area contributed by atoms with Crippen molar-refractivity contribution in [2.75, 3.05) is 31.1 Å². The molecule has 0 saturated carbocycles. The first kappa shape index (κ1) is 26.0. The molecule has 194 valence electrons. The monoisotopic (exact) mass is 589 g/mol. The summed E-state index contributed by atoms with van der Waals surface area (Å²) in [5.74, 6) is 1.67. The van der Waals surface area contributed by atoms with E-state index in [9.17, 15) is 4.57 Å². The number of ether oxygens (including phenoxy) is 1. The van der Waals surface area contributed by atoms with Crippen LogP contribution in [0.5, 0.6) is 5.75 Å². The molecule has 0 spiro atoms. The summed E-state index contributed by atoms with van der Waals surface area (Å²) in [6.45, 7) is 5.66. The Kier molecular flexibility index (Phi) is 7.28. The maximum atomic E-state index is 13.4. The van der Waals surface area contributed by atoms with Gasteiger partial charge in [-0.15, -0.1) is 0 Å². The Morgan fingerprint density at radius 2 is 1.87 bits per heavy atom. The second-order valence-electron chi connectivity index (χ2n) is 9.36. The number of nitrogens with zero attached hydrogens (tertiary/aromatic N) is 2. The number of halogens is 1. The summed E-state index contributed by atoms with van der Waals surface area (Å²) in [5.41, 5.74) is 5.80. The first-order chi connectivity index (χ1) is 18.3. The van der Waals surface area contributed by atoms with Crippen LogP contribution in [-0.2, 0) is 11.0 Å². The van der Waals surface area contributed by atoms with Crippen LogP contribution >= 0.6 is 23.1 Å². The van der Waals surface area contributed by atoms with E-state index in [0.717, 1.165) is 45.1 Å². The number of rotatable bonds is 8. The molecule has 38 heavy (non-hydrogen) atoms. The fourth-order valence-electron chi connectivity index (χ4n) is 4.41. The molecule has 7 nitrogen and oxygen atoms in total. The molecule has 0 unspecified atom stereocenters. The van der Waals surface area contributed by atoms with Crippen LogP contribution in [0.3, 0.4) is 0 Å². The smallest absolute Gasteiger partial charge is 0.229 e. The van der Waals surface area contributed by atoms with Crippen LogP contribution < -0.4 is 20.7 Å². The Morgan fingerprint density at radius 1 is 1.03 bits per heavy atom. The number of hydrogen-bond acceptors (Lipinski definition) is 6. The van der Waals surface area contributed by atoms with E-state index in [4.69, 9.17) is 9.72 Å². The van der Waals surface area contributed by atoms with Crippen molar-refractivity contribution in [3.05, 3.63) is 83.1 Å². The van der Waals surface area contributed by atoms with Crippen LogP contribution in [0.2, 0.25) is 0 Å². The molecule has 2 heterocycles. The van der Waals surface area contributed by atoms with Gasteiger partial charge in [0, 0.05) is 23.3 Å². The average molecular weight is 590 g/mol. The largest absolute Gasteiger partial charge is 0.495 e. The highest BCUT2D eigenvalue weighted by Gasteiger charge is 2.20. The minimum atomic E-state index is -2.65. The van der Waals surface area contributed by atoms with Gasteiger partial charge < -0.3 is 24.9 Å². The second kappa shape index (κ2) is 10.6. The Hall–Kier alpha value is -3.61. The molecule has 9 heteroatoms. The normalized spacial score (nSPS) is 11.5. The second-order valence-corrected chi connectivity index (χ2v) is 13.4. The molecule has 0 aliphatic carbocycles. The molecule has 0 fully saturated rings. The summed E-state index contributed by atoms with van der Waals surface area (Å²) < 4.78 is 19.6. The van der Waals surface area contributed by atoms with Crippen molar-refractivity contribution in [2.24, 2.45) is 0 Å². The van der Waals surface area contributed by atoms with Crippen LogP contribution in [0.25, 0.3) is 22.0 Å². The van der Waals surface area contributed by atoms with Gasteiger partial charge in [0.25, 0.3) is 0 Å². The predicted octanol–water partition coefficient (Wildman–Crippen LogP) is 7.69. The Bertz CT molecular complexity index is 1680. The lowest BCUT2D eigenvalue weighted by atomic mass is 10.0. The molecule has 2 aromatic heterocycles. The summed E-state index contributed by atoms with van der Waals surface area (Å²) in [6.07, 6.45) is 4.52. The number of anilines is 4. The van der Waals surface area contributed by atoms with Gasteiger partial charge in [0.2, 0.25) is 5.95 Å². The topological polar surface area (TPSA) is 91.9 Å². The minimum Gasteiger partial charge on any atom is -0.495 e. The standard InChI is InChI=1S/C29H29BrN5O2P/c1-5-18-9-12-25(37-2)24(15-18)34-29-32-17-22(30)28(35-29)33-23-11-10-20(16-26(23)38(3,4)36)21-8-6-7-19-13-14-31-27(19)21/h6-17,31H,5H2,1-4H3,(H2,32,33,34,35). The molecule has 0 amide bonds. The van der Waals surface area contributed by atoms with E-state index in [-0.39, 0.29) is 0 Å². The maximum Gasteiger partial charge on any atom is 0.229 e. The lowest BCUT2D eigenvalue weighted by Crippen LogP contribution is -2.12. The molecule has 0 radical (unpaired) electrons. The summed E-state index contributed by atoms with van der Waals surface area (Å²) in [4.78, 5) is 12.5. The van der Waals surface area contributed by atoms with Crippen molar-refractivity contribution in [3.8, 4) is 16.9 Å². The van der Waals surface area contributed by atoms with Crippen LogP contribution in [0, 0.1) is 0 Å². The summed E-state index contributed by atoms with van der Waals surface area (Å²) in [7, 11) is -1.02. The molecular weight excluding hydrogens is 561 g/mol. The van der Waals surface area contributed by atoms with Gasteiger partial charge in [-0.2, -0.15) is 4.98 Å². The number of hydrogen-bond donors (Lipinski definition) is 3. The lowest BCUT2D eigenvalue weighted by molar-refractivity contribution is 0.416. The molecule has 0 aliphatic heterocycles. The number of benzene rings is 3. The quantitative estimate of drug-likeness (QED) is 0.161. The van der Waals surface area contributed by atoms with E-state index in [0.29, 0.717) is 22.0 Å². The van der Waals surface area contributed by atoms with Gasteiger partial charge >= 0.3 is 0 Å². The maximum absolute atomic E-state index is 13.4. The molecule has 3 N–H and O–H groups in total. The van der Waals surface area contributed by atoms with Crippen molar-refractivity contribution in [3.63, 3.8) is 0 Å². The van der Waals surface area contributed by atoms with E-state index in [2.05, 4.69) is 55.6 Å². The predicted molar refractivity (Wildman–Crippen MR) is 161 cm³/mol. The molecular formula is C29H29BrN5O2P. The fraction of sp³-hybridized carbons (Fsp3) is 0.172. The number of methoxy groups -OCH3 is 1. The van der Waals surface area contributed by atoms with Gasteiger partial charge in [-0.3, -0.25) is 0 Å². The van der Waals surface area contributed by atoms with Crippen molar-refractivity contribution >= 4 is 62.4 Å². The number of fused-ring (bicyclic) bond motifs is 1. The third-order valence-corrected chi connectivity index (χ3v) is 8.50. The Labute approximate surface area is 230 Å². The number of aryl methyl sites for hydroxylation is 1. The number of para-hydroxylation sites is 1. The van der Waals surface area contributed by atoms with Crippen LogP contribution in [-0.4, -0.2) is 35.4 Å². The minimum absolute atomic E-state index is 0.412. The molecule has 0 bridgehead atoms. The molecule has 5 rings (SSSR count). The van der Waals surface area contributed by atoms with E-state index in [1.807, 2.05) is 54.7 Å². The number of H-pyrrole nitrogens is 1. The van der Waals surface area contributed by atoms with Crippen molar-refractivity contribution in [1.82, 2.24) is 15.0 Å². The Balaban J connectivity index is 1.51. The zero-order valence-corrected chi connectivity index (χ0v) is 24.2. The van der Waals surface area contributed by atoms with Gasteiger partial charge in [-0.1, -0.05) is 37.3 Å². The average Bonchev–Trinajstić information content (AvgIpc) is 3.39. The van der Waals surface area contributed by atoms with E-state index in [1.165, 1.54) is 5.56 Å². The van der Waals surface area contributed by atoms with E-state index < -0.39 is 7.14 Å². The van der Waals surface area contributed by atoms with Gasteiger partial charge in [0.1, 0.15) is 18.7 Å². The van der Waals surface area contributed by atoms with Gasteiger partial charge in [0.15, 0.2) is 0 Å². The highest BCUT2D eigenvalue weighted by molar-refractivity contribution is 9.10. The van der Waals surface area contributed by atoms with Crippen LogP contribution in [0.1, 0.15) is 12.5 Å². The van der Waals surface area contributed by atoms with Crippen LogP contribution in [0.15, 0.2) is 77.5 Å². The van der Waals surface area contributed by atoms with Crippen molar-refractivity contribution in [2.45, 2.75) is 13.3 Å². The summed E-state index contributed by atoms with van der Waals surface area (Å²) in [5, 5.41) is 8.54. The van der Waals surface area contributed by atoms with Gasteiger partial charge in [0.05, 0.1) is 28.5 Å². The summed E-state index contributed by atoms with van der Waals surface area (Å²) >= 11 is 3.56. The molecule has 0 aliphatic rings. The summed E-state index contributed by atoms with van der Waals surface area (Å²) in [6, 6.07) is 20.2.